The summed E-state index contributed by atoms with van der Waals surface area (Å²) >= 11 is 0. The van der Waals surface area contributed by atoms with E-state index in [4.69, 9.17) is 5.73 Å². The fourth-order valence-corrected chi connectivity index (χ4v) is 2.06. The second-order valence-electron chi connectivity index (χ2n) is 4.30. The molecule has 0 aliphatic heterocycles. The first-order chi connectivity index (χ1) is 7.43. The van der Waals surface area contributed by atoms with Crippen molar-refractivity contribution in [1.29, 1.82) is 0 Å². The Balaban J connectivity index is 2.66. The SMILES string of the molecule is CC(CN)CCc1ccc(S(C)(=O)=O)cc1. The zero-order chi connectivity index (χ0) is 12.2. The molecule has 0 heterocycles. The van der Waals surface area contributed by atoms with Crippen LogP contribution in [-0.4, -0.2) is 21.2 Å². The molecule has 16 heavy (non-hydrogen) atoms. The van der Waals surface area contributed by atoms with Crippen LogP contribution in [0.3, 0.4) is 0 Å². The van der Waals surface area contributed by atoms with Gasteiger partial charge in [-0.2, -0.15) is 0 Å². The van der Waals surface area contributed by atoms with E-state index in [2.05, 4.69) is 6.92 Å². The van der Waals surface area contributed by atoms with Crippen LogP contribution in [0.2, 0.25) is 0 Å². The van der Waals surface area contributed by atoms with E-state index in [1.54, 1.807) is 12.1 Å². The lowest BCUT2D eigenvalue weighted by atomic mass is 10.0. The van der Waals surface area contributed by atoms with E-state index in [0.29, 0.717) is 17.4 Å². The average Bonchev–Trinajstić information content (AvgIpc) is 2.25. The molecule has 0 bridgehead atoms. The van der Waals surface area contributed by atoms with Gasteiger partial charge in [0.1, 0.15) is 0 Å². The van der Waals surface area contributed by atoms with Crippen LogP contribution >= 0.6 is 0 Å². The summed E-state index contributed by atoms with van der Waals surface area (Å²) in [5, 5.41) is 0. The van der Waals surface area contributed by atoms with Crippen LogP contribution in [-0.2, 0) is 16.3 Å². The molecule has 1 unspecified atom stereocenters. The minimum Gasteiger partial charge on any atom is -0.330 e. The average molecular weight is 241 g/mol. The van der Waals surface area contributed by atoms with Gasteiger partial charge in [-0.1, -0.05) is 19.1 Å². The van der Waals surface area contributed by atoms with Crippen LogP contribution in [0.15, 0.2) is 29.2 Å². The van der Waals surface area contributed by atoms with E-state index < -0.39 is 9.84 Å². The molecule has 0 saturated heterocycles. The van der Waals surface area contributed by atoms with Crippen LogP contribution in [0.1, 0.15) is 18.9 Å². The first-order valence-electron chi connectivity index (χ1n) is 5.42. The third kappa shape index (κ3) is 3.94. The molecule has 1 rings (SSSR count). The first kappa shape index (κ1) is 13.2. The minimum absolute atomic E-state index is 0.378. The molecule has 0 saturated carbocycles. The van der Waals surface area contributed by atoms with E-state index in [0.717, 1.165) is 18.4 Å². The summed E-state index contributed by atoms with van der Waals surface area (Å²) < 4.78 is 22.5. The highest BCUT2D eigenvalue weighted by Crippen LogP contribution is 2.13. The van der Waals surface area contributed by atoms with E-state index >= 15 is 0 Å². The normalized spacial score (nSPS) is 13.7. The highest BCUT2D eigenvalue weighted by Gasteiger charge is 2.06. The predicted molar refractivity (Wildman–Crippen MR) is 66.1 cm³/mol. The predicted octanol–water partition coefficient (Wildman–Crippen LogP) is 1.62. The van der Waals surface area contributed by atoms with Crippen molar-refractivity contribution in [3.63, 3.8) is 0 Å². The summed E-state index contributed by atoms with van der Waals surface area (Å²) in [5.41, 5.74) is 6.70. The fourth-order valence-electron chi connectivity index (χ4n) is 1.43. The second kappa shape index (κ2) is 5.46. The van der Waals surface area contributed by atoms with Gasteiger partial charge in [-0.3, -0.25) is 0 Å². The smallest absolute Gasteiger partial charge is 0.175 e. The second-order valence-corrected chi connectivity index (χ2v) is 6.31. The van der Waals surface area contributed by atoms with Crippen LogP contribution in [0, 0.1) is 5.92 Å². The summed E-state index contributed by atoms with van der Waals surface area (Å²) in [4.78, 5) is 0.378. The molecule has 0 aliphatic carbocycles. The molecule has 0 amide bonds. The Morgan fingerprint density at radius 1 is 1.25 bits per heavy atom. The van der Waals surface area contributed by atoms with Gasteiger partial charge in [0.2, 0.25) is 0 Å². The lowest BCUT2D eigenvalue weighted by molar-refractivity contribution is 0.544. The molecule has 1 aromatic rings. The summed E-state index contributed by atoms with van der Waals surface area (Å²) in [7, 11) is -3.08. The first-order valence-corrected chi connectivity index (χ1v) is 7.31. The van der Waals surface area contributed by atoms with Crippen molar-refractivity contribution >= 4 is 9.84 Å². The van der Waals surface area contributed by atoms with E-state index in [1.807, 2.05) is 12.1 Å². The highest BCUT2D eigenvalue weighted by atomic mass is 32.2. The largest absolute Gasteiger partial charge is 0.330 e. The Bertz CT molecular complexity index is 423. The molecular weight excluding hydrogens is 222 g/mol. The van der Waals surface area contributed by atoms with Crippen molar-refractivity contribution in [2.75, 3.05) is 12.8 Å². The van der Waals surface area contributed by atoms with Gasteiger partial charge in [0.15, 0.2) is 9.84 Å². The van der Waals surface area contributed by atoms with Gasteiger partial charge in [0.25, 0.3) is 0 Å². The van der Waals surface area contributed by atoms with Gasteiger partial charge in [-0.15, -0.1) is 0 Å². The van der Waals surface area contributed by atoms with Crippen molar-refractivity contribution in [2.24, 2.45) is 11.7 Å². The molecule has 1 aromatic carbocycles. The summed E-state index contributed by atoms with van der Waals surface area (Å²) in [5.74, 6) is 0.509. The Labute approximate surface area is 97.6 Å². The molecular formula is C12H19NO2S. The van der Waals surface area contributed by atoms with Gasteiger partial charge >= 0.3 is 0 Å². The molecule has 0 radical (unpaired) electrons. The molecule has 1 atom stereocenters. The van der Waals surface area contributed by atoms with E-state index in [-0.39, 0.29) is 0 Å². The fraction of sp³-hybridized carbons (Fsp3) is 0.500. The Kier molecular flexibility index (Phi) is 4.50. The van der Waals surface area contributed by atoms with Gasteiger partial charge < -0.3 is 5.73 Å². The summed E-state index contributed by atoms with van der Waals surface area (Å²) in [6.07, 6.45) is 3.20. The Morgan fingerprint density at radius 2 is 1.81 bits per heavy atom. The van der Waals surface area contributed by atoms with Crippen molar-refractivity contribution in [3.8, 4) is 0 Å². The number of sulfone groups is 1. The third-order valence-corrected chi connectivity index (χ3v) is 3.81. The van der Waals surface area contributed by atoms with E-state index in [1.165, 1.54) is 6.26 Å². The van der Waals surface area contributed by atoms with Crippen LogP contribution < -0.4 is 5.73 Å². The highest BCUT2D eigenvalue weighted by molar-refractivity contribution is 7.90. The molecule has 4 heteroatoms. The Hall–Kier alpha value is -0.870. The quantitative estimate of drug-likeness (QED) is 0.852. The molecule has 0 spiro atoms. The van der Waals surface area contributed by atoms with Crippen LogP contribution in [0.4, 0.5) is 0 Å². The van der Waals surface area contributed by atoms with Gasteiger partial charge in [-0.05, 0) is 43.0 Å². The topological polar surface area (TPSA) is 60.2 Å². The number of hydrogen-bond donors (Lipinski definition) is 1. The number of aryl methyl sites for hydroxylation is 1. The lowest BCUT2D eigenvalue weighted by Gasteiger charge is -2.08. The molecule has 0 aromatic heterocycles. The molecule has 0 aliphatic rings. The van der Waals surface area contributed by atoms with E-state index in [9.17, 15) is 8.42 Å². The number of hydrogen-bond acceptors (Lipinski definition) is 3. The zero-order valence-corrected chi connectivity index (χ0v) is 10.6. The van der Waals surface area contributed by atoms with Gasteiger partial charge in [-0.25, -0.2) is 8.42 Å². The Morgan fingerprint density at radius 3 is 2.25 bits per heavy atom. The van der Waals surface area contributed by atoms with Crippen molar-refractivity contribution in [2.45, 2.75) is 24.7 Å². The van der Waals surface area contributed by atoms with Gasteiger partial charge in [0, 0.05) is 6.26 Å². The van der Waals surface area contributed by atoms with Crippen LogP contribution in [0.25, 0.3) is 0 Å². The summed E-state index contributed by atoms with van der Waals surface area (Å²) in [6, 6.07) is 7.08. The van der Waals surface area contributed by atoms with Crippen molar-refractivity contribution < 1.29 is 8.42 Å². The molecule has 2 N–H and O–H groups in total. The maximum Gasteiger partial charge on any atom is 0.175 e. The minimum atomic E-state index is -3.08. The molecule has 90 valence electrons. The third-order valence-electron chi connectivity index (χ3n) is 2.68. The number of nitrogens with two attached hydrogens (primary N) is 1. The molecule has 0 fully saturated rings. The maximum atomic E-state index is 11.2. The number of rotatable bonds is 5. The lowest BCUT2D eigenvalue weighted by Crippen LogP contribution is -2.11. The van der Waals surface area contributed by atoms with Crippen molar-refractivity contribution in [3.05, 3.63) is 29.8 Å². The molecule has 3 nitrogen and oxygen atoms in total. The summed E-state index contributed by atoms with van der Waals surface area (Å²) in [6.45, 7) is 2.81. The maximum absolute atomic E-state index is 11.2. The standard InChI is InChI=1S/C12H19NO2S/c1-10(9-13)3-4-11-5-7-12(8-6-11)16(2,14)15/h5-8,10H,3-4,9,13H2,1-2H3. The monoisotopic (exact) mass is 241 g/mol. The van der Waals surface area contributed by atoms with Crippen LogP contribution in [0.5, 0.6) is 0 Å². The number of benzene rings is 1. The zero-order valence-electron chi connectivity index (χ0n) is 9.81. The van der Waals surface area contributed by atoms with Gasteiger partial charge in [0.05, 0.1) is 4.90 Å². The van der Waals surface area contributed by atoms with Crippen molar-refractivity contribution in [1.82, 2.24) is 0 Å².